The van der Waals surface area contributed by atoms with Crippen LogP contribution in [0.25, 0.3) is 0 Å². The number of amides is 1. The second kappa shape index (κ2) is 6.85. The number of carbonyl (C=O) groups excluding carboxylic acids is 1. The average molecular weight is 301 g/mol. The molecule has 0 saturated carbocycles. The van der Waals surface area contributed by atoms with Gasteiger partial charge in [-0.25, -0.2) is 9.18 Å². The number of carboxylic acids is 1. The summed E-state index contributed by atoms with van der Waals surface area (Å²) < 4.78 is 12.8. The van der Waals surface area contributed by atoms with Crippen LogP contribution >= 0.6 is 0 Å². The Morgan fingerprint density at radius 3 is 2.36 bits per heavy atom. The van der Waals surface area contributed by atoms with Gasteiger partial charge in [0.1, 0.15) is 11.9 Å². The molecule has 0 bridgehead atoms. The van der Waals surface area contributed by atoms with Crippen LogP contribution < -0.4 is 5.32 Å². The van der Waals surface area contributed by atoms with E-state index in [4.69, 9.17) is 0 Å². The highest BCUT2D eigenvalue weighted by molar-refractivity contribution is 5.96. The second-order valence-electron chi connectivity index (χ2n) is 5.00. The number of aryl methyl sites for hydroxylation is 1. The van der Waals surface area contributed by atoms with Crippen LogP contribution in [-0.2, 0) is 11.2 Å². The van der Waals surface area contributed by atoms with Crippen molar-refractivity contribution in [3.8, 4) is 0 Å². The van der Waals surface area contributed by atoms with Crippen LogP contribution in [0, 0.1) is 12.7 Å². The van der Waals surface area contributed by atoms with Crippen molar-refractivity contribution in [2.24, 2.45) is 0 Å². The number of halogens is 1. The summed E-state index contributed by atoms with van der Waals surface area (Å²) in [6, 6.07) is 11.3. The summed E-state index contributed by atoms with van der Waals surface area (Å²) >= 11 is 0. The van der Waals surface area contributed by atoms with Crippen LogP contribution in [0.5, 0.6) is 0 Å². The first-order valence-electron chi connectivity index (χ1n) is 6.81. The lowest BCUT2D eigenvalue weighted by atomic mass is 10.0. The number of benzene rings is 2. The maximum Gasteiger partial charge on any atom is 0.326 e. The number of aliphatic carboxylic acids is 1. The summed E-state index contributed by atoms with van der Waals surface area (Å²) in [4.78, 5) is 23.4. The molecule has 0 heterocycles. The standard InChI is InChI=1S/C17H16FNO3/c1-11-4-2-3-5-13(11)10-15(17(21)22)19-16(20)12-6-8-14(18)9-7-12/h2-9,15H,10H2,1H3,(H,19,20)(H,21,22)/t15-/m1/s1. The Hall–Kier alpha value is -2.69. The highest BCUT2D eigenvalue weighted by atomic mass is 19.1. The summed E-state index contributed by atoms with van der Waals surface area (Å²) in [5, 5.41) is 11.8. The van der Waals surface area contributed by atoms with Gasteiger partial charge in [-0.3, -0.25) is 4.79 Å². The average Bonchev–Trinajstić information content (AvgIpc) is 2.49. The minimum Gasteiger partial charge on any atom is -0.480 e. The van der Waals surface area contributed by atoms with E-state index in [1.165, 1.54) is 12.1 Å². The highest BCUT2D eigenvalue weighted by Crippen LogP contribution is 2.11. The van der Waals surface area contributed by atoms with Crippen molar-refractivity contribution in [1.29, 1.82) is 0 Å². The van der Waals surface area contributed by atoms with Crippen LogP contribution in [0.4, 0.5) is 4.39 Å². The second-order valence-corrected chi connectivity index (χ2v) is 5.00. The van der Waals surface area contributed by atoms with Crippen molar-refractivity contribution in [3.05, 3.63) is 71.0 Å². The quantitative estimate of drug-likeness (QED) is 0.892. The van der Waals surface area contributed by atoms with Gasteiger partial charge in [0.05, 0.1) is 0 Å². The van der Waals surface area contributed by atoms with Gasteiger partial charge in [0.15, 0.2) is 0 Å². The number of carbonyl (C=O) groups is 2. The van der Waals surface area contributed by atoms with Crippen molar-refractivity contribution in [3.63, 3.8) is 0 Å². The molecule has 0 saturated heterocycles. The molecule has 2 aromatic carbocycles. The summed E-state index contributed by atoms with van der Waals surface area (Å²) in [5.74, 6) is -2.11. The van der Waals surface area contributed by atoms with E-state index < -0.39 is 23.7 Å². The minimum absolute atomic E-state index is 0.189. The molecule has 0 aliphatic rings. The smallest absolute Gasteiger partial charge is 0.326 e. The van der Waals surface area contributed by atoms with Gasteiger partial charge in [-0.1, -0.05) is 24.3 Å². The Labute approximate surface area is 127 Å². The maximum atomic E-state index is 12.8. The third-order valence-corrected chi connectivity index (χ3v) is 3.40. The van der Waals surface area contributed by atoms with Gasteiger partial charge in [0, 0.05) is 12.0 Å². The summed E-state index contributed by atoms with van der Waals surface area (Å²) in [7, 11) is 0. The monoisotopic (exact) mass is 301 g/mol. The molecule has 4 nitrogen and oxygen atoms in total. The maximum absolute atomic E-state index is 12.8. The molecule has 5 heteroatoms. The van der Waals surface area contributed by atoms with Gasteiger partial charge < -0.3 is 10.4 Å². The van der Waals surface area contributed by atoms with E-state index in [1.54, 1.807) is 0 Å². The lowest BCUT2D eigenvalue weighted by molar-refractivity contribution is -0.139. The first-order valence-corrected chi connectivity index (χ1v) is 6.81. The predicted molar refractivity (Wildman–Crippen MR) is 80.2 cm³/mol. The molecule has 0 spiro atoms. The molecule has 0 fully saturated rings. The number of hydrogen-bond acceptors (Lipinski definition) is 2. The van der Waals surface area contributed by atoms with Gasteiger partial charge >= 0.3 is 5.97 Å². The molecule has 0 aromatic heterocycles. The Morgan fingerprint density at radius 2 is 1.77 bits per heavy atom. The fourth-order valence-electron chi connectivity index (χ4n) is 2.10. The van der Waals surface area contributed by atoms with Gasteiger partial charge in [-0.15, -0.1) is 0 Å². The lowest BCUT2D eigenvalue weighted by Gasteiger charge is -2.16. The highest BCUT2D eigenvalue weighted by Gasteiger charge is 2.21. The van der Waals surface area contributed by atoms with Crippen LogP contribution in [0.15, 0.2) is 48.5 Å². The topological polar surface area (TPSA) is 66.4 Å². The summed E-state index contributed by atoms with van der Waals surface area (Å²) in [6.07, 6.45) is 0.189. The number of hydrogen-bond donors (Lipinski definition) is 2. The molecule has 22 heavy (non-hydrogen) atoms. The Kier molecular flexibility index (Phi) is 4.88. The van der Waals surface area contributed by atoms with Crippen LogP contribution in [0.3, 0.4) is 0 Å². The first-order chi connectivity index (χ1) is 10.5. The van der Waals surface area contributed by atoms with Crippen LogP contribution in [0.2, 0.25) is 0 Å². The molecule has 1 atom stereocenters. The molecule has 0 aliphatic carbocycles. The normalized spacial score (nSPS) is 11.7. The van der Waals surface area contributed by atoms with Crippen molar-refractivity contribution in [2.75, 3.05) is 0 Å². The third kappa shape index (κ3) is 3.91. The Balaban J connectivity index is 2.12. The van der Waals surface area contributed by atoms with Crippen molar-refractivity contribution in [2.45, 2.75) is 19.4 Å². The zero-order chi connectivity index (χ0) is 16.1. The molecule has 2 N–H and O–H groups in total. The number of rotatable bonds is 5. The minimum atomic E-state index is -1.11. The molecule has 1 amide bonds. The molecule has 0 unspecified atom stereocenters. The van der Waals surface area contributed by atoms with E-state index in [2.05, 4.69) is 5.32 Å². The molecule has 0 aliphatic heterocycles. The number of nitrogens with one attached hydrogen (secondary N) is 1. The van der Waals surface area contributed by atoms with Crippen LogP contribution in [0.1, 0.15) is 21.5 Å². The number of carboxylic acid groups (broad SMARTS) is 1. The Morgan fingerprint density at radius 1 is 1.14 bits per heavy atom. The predicted octanol–water partition coefficient (Wildman–Crippen LogP) is 2.56. The van der Waals surface area contributed by atoms with Crippen molar-refractivity contribution >= 4 is 11.9 Å². The third-order valence-electron chi connectivity index (χ3n) is 3.40. The van der Waals surface area contributed by atoms with Crippen molar-refractivity contribution < 1.29 is 19.1 Å². The fraction of sp³-hybridized carbons (Fsp3) is 0.176. The molecule has 2 aromatic rings. The summed E-state index contributed by atoms with van der Waals surface area (Å²) in [5.41, 5.74) is 2.04. The SMILES string of the molecule is Cc1ccccc1C[C@@H](NC(=O)c1ccc(F)cc1)C(=O)O. The molecule has 2 rings (SSSR count). The fourth-order valence-corrected chi connectivity index (χ4v) is 2.10. The zero-order valence-electron chi connectivity index (χ0n) is 12.0. The van der Waals surface area contributed by atoms with E-state index in [0.717, 1.165) is 23.3 Å². The van der Waals surface area contributed by atoms with Gasteiger partial charge in [0.2, 0.25) is 0 Å². The van der Waals surface area contributed by atoms with E-state index in [9.17, 15) is 19.1 Å². The van der Waals surface area contributed by atoms with Gasteiger partial charge in [-0.05, 0) is 42.3 Å². The van der Waals surface area contributed by atoms with E-state index in [0.29, 0.717) is 0 Å². The molecular weight excluding hydrogens is 285 g/mol. The lowest BCUT2D eigenvalue weighted by Crippen LogP contribution is -2.42. The summed E-state index contributed by atoms with van der Waals surface area (Å²) in [6.45, 7) is 1.88. The molecular formula is C17H16FNO3. The molecule has 0 radical (unpaired) electrons. The Bertz CT molecular complexity index is 683. The van der Waals surface area contributed by atoms with Gasteiger partial charge in [-0.2, -0.15) is 0 Å². The molecule has 114 valence electrons. The van der Waals surface area contributed by atoms with E-state index >= 15 is 0 Å². The van der Waals surface area contributed by atoms with E-state index in [1.807, 2.05) is 31.2 Å². The van der Waals surface area contributed by atoms with E-state index in [-0.39, 0.29) is 12.0 Å². The largest absolute Gasteiger partial charge is 0.480 e. The van der Waals surface area contributed by atoms with Gasteiger partial charge in [0.25, 0.3) is 5.91 Å². The van der Waals surface area contributed by atoms with Crippen LogP contribution in [-0.4, -0.2) is 23.0 Å². The van der Waals surface area contributed by atoms with Crippen molar-refractivity contribution in [1.82, 2.24) is 5.32 Å². The first kappa shape index (κ1) is 15.7. The zero-order valence-corrected chi connectivity index (χ0v) is 12.0.